The lowest BCUT2D eigenvalue weighted by Crippen LogP contribution is -2.22. The average Bonchev–Trinajstić information content (AvgIpc) is 3.14. The Morgan fingerprint density at radius 3 is 2.40 bits per heavy atom. The fraction of sp³-hybridized carbons (Fsp3) is 0.727. The van der Waals surface area contributed by atoms with E-state index in [1.54, 1.807) is 27.0 Å². The highest BCUT2D eigenvalue weighted by Gasteiger charge is 2.20. The van der Waals surface area contributed by atoms with E-state index in [-0.39, 0.29) is 41.7 Å². The van der Waals surface area contributed by atoms with E-state index in [0.29, 0.717) is 17.7 Å². The number of aryl methyl sites for hydroxylation is 1. The molecule has 2 unspecified atom stereocenters. The molecular formula is C22H40N4O4. The number of carbonyl (C=O) groups is 1. The van der Waals surface area contributed by atoms with Gasteiger partial charge in [-0.25, -0.2) is 4.98 Å². The van der Waals surface area contributed by atoms with Crippen LogP contribution in [0.15, 0.2) is 9.79 Å². The van der Waals surface area contributed by atoms with Gasteiger partial charge >= 0.3 is 0 Å². The molecule has 1 aliphatic rings. The number of carbonyl (C=O) groups excluding carboxylic acids is 1. The molecule has 0 radical (unpaired) electrons. The maximum Gasteiger partial charge on any atom is 0.278 e. The molecule has 0 aromatic carbocycles. The fourth-order valence-corrected chi connectivity index (χ4v) is 2.38. The summed E-state index contributed by atoms with van der Waals surface area (Å²) < 4.78 is 5.26. The molecule has 1 aliphatic heterocycles. The minimum absolute atomic E-state index is 0.130. The van der Waals surface area contributed by atoms with E-state index in [1.165, 1.54) is 0 Å². The highest BCUT2D eigenvalue weighted by atomic mass is 16.5. The van der Waals surface area contributed by atoms with Crippen molar-refractivity contribution in [3.05, 3.63) is 16.0 Å². The molecule has 8 nitrogen and oxygen atoms in total. The van der Waals surface area contributed by atoms with Crippen LogP contribution in [0.5, 0.6) is 0 Å². The first kappa shape index (κ1) is 27.9. The van der Waals surface area contributed by atoms with Crippen molar-refractivity contribution in [2.75, 3.05) is 11.9 Å². The van der Waals surface area contributed by atoms with Crippen LogP contribution in [0.3, 0.4) is 0 Å². The van der Waals surface area contributed by atoms with Crippen LogP contribution in [0.2, 0.25) is 0 Å². The third kappa shape index (κ3) is 10.1. The minimum atomic E-state index is -0.351. The number of nitrogens with zero attached hydrogens (tertiary/aromatic N) is 2. The second kappa shape index (κ2) is 14.8. The van der Waals surface area contributed by atoms with Crippen LogP contribution in [0.25, 0.3) is 0 Å². The summed E-state index contributed by atoms with van der Waals surface area (Å²) in [7, 11) is 0. The second-order valence-corrected chi connectivity index (χ2v) is 7.48. The second-order valence-electron chi connectivity index (χ2n) is 7.48. The molecule has 172 valence electrons. The summed E-state index contributed by atoms with van der Waals surface area (Å²) in [6.07, 6.45) is 5.32. The van der Waals surface area contributed by atoms with Crippen LogP contribution in [-0.2, 0) is 9.53 Å². The summed E-state index contributed by atoms with van der Waals surface area (Å²) in [5.74, 6) is 0.0925. The van der Waals surface area contributed by atoms with E-state index in [9.17, 15) is 9.59 Å². The van der Waals surface area contributed by atoms with Crippen LogP contribution >= 0.6 is 0 Å². The van der Waals surface area contributed by atoms with E-state index in [2.05, 4.69) is 27.2 Å². The van der Waals surface area contributed by atoms with Crippen molar-refractivity contribution in [3.63, 3.8) is 0 Å². The zero-order chi connectivity index (χ0) is 23.3. The molecule has 1 fully saturated rings. The molecule has 3 N–H and O–H groups in total. The molecular weight excluding hydrogens is 384 g/mol. The van der Waals surface area contributed by atoms with Crippen LogP contribution in [0.1, 0.15) is 73.4 Å². The van der Waals surface area contributed by atoms with E-state index >= 15 is 0 Å². The summed E-state index contributed by atoms with van der Waals surface area (Å²) in [4.78, 5) is 34.4. The third-order valence-electron chi connectivity index (χ3n) is 4.46. The van der Waals surface area contributed by atoms with E-state index in [1.807, 2.05) is 27.7 Å². The highest BCUT2D eigenvalue weighted by Crippen LogP contribution is 2.17. The number of ether oxygens (including phenoxy) is 1. The summed E-state index contributed by atoms with van der Waals surface area (Å²) in [5, 5.41) is 11.1. The zero-order valence-corrected chi connectivity index (χ0v) is 19.8. The number of aliphatic hydroxyl groups excluding tert-OH is 1. The Kier molecular flexibility index (Phi) is 13.8. The normalized spacial score (nSPS) is 19.0. The first-order valence-corrected chi connectivity index (χ1v) is 10.9. The molecule has 2 rings (SSSR count). The van der Waals surface area contributed by atoms with Crippen molar-refractivity contribution in [2.45, 2.75) is 86.9 Å². The van der Waals surface area contributed by atoms with Gasteiger partial charge in [0.25, 0.3) is 5.56 Å². The molecule has 0 aliphatic carbocycles. The largest absolute Gasteiger partial charge is 0.394 e. The SMILES string of the molecule is CC.CC1CC[C@@H](CO)O1.CCC(C)C=Nc1c(C)nc(NC(=O)C(C)C)[nH]c1=O. The lowest BCUT2D eigenvalue weighted by Gasteiger charge is -2.08. The zero-order valence-electron chi connectivity index (χ0n) is 19.8. The highest BCUT2D eigenvalue weighted by molar-refractivity contribution is 5.90. The van der Waals surface area contributed by atoms with E-state index in [0.717, 1.165) is 19.3 Å². The summed E-state index contributed by atoms with van der Waals surface area (Å²) in [6, 6.07) is 0. The van der Waals surface area contributed by atoms with Gasteiger partial charge in [0.2, 0.25) is 11.9 Å². The number of amides is 1. The molecule has 1 aromatic heterocycles. The predicted molar refractivity (Wildman–Crippen MR) is 123 cm³/mol. The number of aliphatic hydroxyl groups is 1. The fourth-order valence-electron chi connectivity index (χ4n) is 2.38. The molecule has 0 spiro atoms. The van der Waals surface area contributed by atoms with Gasteiger partial charge in [0.1, 0.15) is 5.69 Å². The van der Waals surface area contributed by atoms with Crippen molar-refractivity contribution in [3.8, 4) is 0 Å². The van der Waals surface area contributed by atoms with Gasteiger partial charge in [-0.05, 0) is 39.0 Å². The lowest BCUT2D eigenvalue weighted by atomic mass is 10.1. The molecule has 3 atom stereocenters. The van der Waals surface area contributed by atoms with E-state index in [4.69, 9.17) is 9.84 Å². The van der Waals surface area contributed by atoms with Gasteiger partial charge in [0.15, 0.2) is 0 Å². The minimum Gasteiger partial charge on any atom is -0.394 e. The molecule has 0 saturated carbocycles. The van der Waals surface area contributed by atoms with Crippen molar-refractivity contribution in [2.24, 2.45) is 16.8 Å². The topological polar surface area (TPSA) is 117 Å². The van der Waals surface area contributed by atoms with Crippen molar-refractivity contribution >= 4 is 23.8 Å². The van der Waals surface area contributed by atoms with Gasteiger partial charge in [-0.2, -0.15) is 0 Å². The molecule has 1 amide bonds. The maximum absolute atomic E-state index is 12.0. The van der Waals surface area contributed by atoms with Crippen LogP contribution in [0, 0.1) is 18.8 Å². The van der Waals surface area contributed by atoms with Gasteiger partial charge in [0, 0.05) is 12.1 Å². The predicted octanol–water partition coefficient (Wildman–Crippen LogP) is 3.99. The molecule has 1 aromatic rings. The maximum atomic E-state index is 12.0. The Hall–Kier alpha value is -2.06. The Morgan fingerprint density at radius 2 is 2.00 bits per heavy atom. The monoisotopic (exact) mass is 424 g/mol. The number of aliphatic imine (C=N–C) groups is 1. The summed E-state index contributed by atoms with van der Waals surface area (Å²) in [6.45, 7) is 15.5. The number of H-pyrrole nitrogens is 1. The number of aromatic amines is 1. The van der Waals surface area contributed by atoms with Crippen molar-refractivity contribution in [1.29, 1.82) is 0 Å². The van der Waals surface area contributed by atoms with Gasteiger partial charge < -0.3 is 9.84 Å². The Morgan fingerprint density at radius 1 is 1.37 bits per heavy atom. The van der Waals surface area contributed by atoms with Gasteiger partial charge in [0.05, 0.1) is 24.5 Å². The Bertz CT molecular complexity index is 716. The Labute approximate surface area is 180 Å². The molecule has 30 heavy (non-hydrogen) atoms. The van der Waals surface area contributed by atoms with E-state index < -0.39 is 0 Å². The van der Waals surface area contributed by atoms with Crippen LogP contribution in [-0.4, -0.2) is 46.0 Å². The summed E-state index contributed by atoms with van der Waals surface area (Å²) >= 11 is 0. The number of hydrogen-bond acceptors (Lipinski definition) is 6. The summed E-state index contributed by atoms with van der Waals surface area (Å²) in [5.41, 5.74) is 0.427. The average molecular weight is 425 g/mol. The Balaban J connectivity index is 0.000000696. The number of aromatic nitrogens is 2. The smallest absolute Gasteiger partial charge is 0.278 e. The lowest BCUT2D eigenvalue weighted by molar-refractivity contribution is -0.118. The number of rotatable bonds is 6. The van der Waals surface area contributed by atoms with Crippen LogP contribution < -0.4 is 10.9 Å². The number of anilines is 1. The standard InChI is InChI=1S/C14H22N4O2.C6H12O2.C2H6/c1-6-9(4)7-15-11-10(5)16-14(18-13(11)20)17-12(19)8(2)3;1-5-2-3-6(4-7)8-5;1-2/h7-9H,6H2,1-5H3,(H2,16,17,18,19,20);5-7H,2-4H2,1H3;1-2H3/t;5?,6-;/m.0./s1. The number of nitrogens with one attached hydrogen (secondary N) is 2. The number of hydrogen-bond donors (Lipinski definition) is 3. The van der Waals surface area contributed by atoms with Gasteiger partial charge in [-0.3, -0.25) is 24.9 Å². The molecule has 2 heterocycles. The van der Waals surface area contributed by atoms with Crippen molar-refractivity contribution < 1.29 is 14.6 Å². The van der Waals surface area contributed by atoms with Crippen LogP contribution in [0.4, 0.5) is 11.6 Å². The van der Waals surface area contributed by atoms with Gasteiger partial charge in [-0.1, -0.05) is 41.5 Å². The first-order chi connectivity index (χ1) is 14.2. The third-order valence-corrected chi connectivity index (χ3v) is 4.46. The van der Waals surface area contributed by atoms with Gasteiger partial charge in [-0.15, -0.1) is 0 Å². The molecule has 0 bridgehead atoms. The quantitative estimate of drug-likeness (QED) is 0.597. The molecule has 8 heteroatoms. The first-order valence-electron chi connectivity index (χ1n) is 10.9. The van der Waals surface area contributed by atoms with Crippen molar-refractivity contribution in [1.82, 2.24) is 9.97 Å². The molecule has 1 saturated heterocycles.